The highest BCUT2D eigenvalue weighted by atomic mass is 35.5. The average Bonchev–Trinajstić information content (AvgIpc) is 2.62. The van der Waals surface area contributed by atoms with E-state index in [1.54, 1.807) is 0 Å². The lowest BCUT2D eigenvalue weighted by molar-refractivity contribution is 0.102. The Morgan fingerprint density at radius 2 is 1.88 bits per heavy atom. The van der Waals surface area contributed by atoms with Gasteiger partial charge in [-0.3, -0.25) is 4.79 Å². The third kappa shape index (κ3) is 4.93. The van der Waals surface area contributed by atoms with Gasteiger partial charge in [0, 0.05) is 17.3 Å². The summed E-state index contributed by atoms with van der Waals surface area (Å²) in [6.07, 6.45) is 5.53. The van der Waals surface area contributed by atoms with Gasteiger partial charge >= 0.3 is 0 Å². The molecule has 1 amide bonds. The van der Waals surface area contributed by atoms with Crippen molar-refractivity contribution in [2.75, 3.05) is 19.4 Å². The average molecular weight is 375 g/mol. The molecular formula is C21H24ClFN2O. The van der Waals surface area contributed by atoms with Crippen molar-refractivity contribution >= 4 is 29.6 Å². The molecule has 0 saturated carbocycles. The standard InChI is InChI=1S/C21H23FN2O.ClH/c1-24(2)20-12-8-15(9-13-20)17-4-3-5-19(14-17)23-21(25)16-6-10-18(22)11-7-16;/h3-8,10-11,14,20H,9,12-13H2,1-2H3,(H,23,25);1H. The summed E-state index contributed by atoms with van der Waals surface area (Å²) in [6.45, 7) is 0. The van der Waals surface area contributed by atoms with Gasteiger partial charge in [-0.25, -0.2) is 4.39 Å². The number of allylic oxidation sites excluding steroid dienone is 1. The van der Waals surface area contributed by atoms with E-state index >= 15 is 0 Å². The highest BCUT2D eigenvalue weighted by Crippen LogP contribution is 2.29. The van der Waals surface area contributed by atoms with E-state index in [0.717, 1.165) is 30.5 Å². The zero-order chi connectivity index (χ0) is 17.8. The Morgan fingerprint density at radius 3 is 2.50 bits per heavy atom. The molecule has 5 heteroatoms. The third-order valence-electron chi connectivity index (χ3n) is 4.71. The molecule has 0 bridgehead atoms. The van der Waals surface area contributed by atoms with E-state index in [2.05, 4.69) is 36.5 Å². The number of carbonyl (C=O) groups is 1. The molecule has 138 valence electrons. The van der Waals surface area contributed by atoms with Crippen LogP contribution in [-0.2, 0) is 0 Å². The topological polar surface area (TPSA) is 32.3 Å². The molecule has 26 heavy (non-hydrogen) atoms. The fraction of sp³-hybridized carbons (Fsp3) is 0.286. The molecule has 1 aliphatic rings. The largest absolute Gasteiger partial charge is 0.322 e. The first-order valence-corrected chi connectivity index (χ1v) is 8.56. The molecule has 0 aromatic heterocycles. The van der Waals surface area contributed by atoms with Gasteiger partial charge in [-0.1, -0.05) is 18.2 Å². The number of halogens is 2. The zero-order valence-electron chi connectivity index (χ0n) is 15.0. The van der Waals surface area contributed by atoms with Crippen LogP contribution in [-0.4, -0.2) is 30.9 Å². The van der Waals surface area contributed by atoms with Crippen LogP contribution in [0.5, 0.6) is 0 Å². The van der Waals surface area contributed by atoms with Gasteiger partial charge in [0.05, 0.1) is 0 Å². The van der Waals surface area contributed by atoms with E-state index in [4.69, 9.17) is 0 Å². The van der Waals surface area contributed by atoms with E-state index in [-0.39, 0.29) is 24.1 Å². The lowest BCUT2D eigenvalue weighted by Gasteiger charge is -2.27. The van der Waals surface area contributed by atoms with Crippen molar-refractivity contribution in [2.24, 2.45) is 0 Å². The first-order chi connectivity index (χ1) is 12.0. The van der Waals surface area contributed by atoms with Crippen LogP contribution in [0.4, 0.5) is 10.1 Å². The van der Waals surface area contributed by atoms with E-state index in [1.165, 1.54) is 29.8 Å². The van der Waals surface area contributed by atoms with Crippen LogP contribution >= 0.6 is 12.4 Å². The van der Waals surface area contributed by atoms with E-state index in [1.807, 2.05) is 18.2 Å². The van der Waals surface area contributed by atoms with Crippen LogP contribution in [0.3, 0.4) is 0 Å². The summed E-state index contributed by atoms with van der Waals surface area (Å²) < 4.78 is 13.0. The minimum absolute atomic E-state index is 0. The maximum atomic E-state index is 13.0. The first kappa shape index (κ1) is 20.1. The minimum Gasteiger partial charge on any atom is -0.322 e. The molecule has 2 aromatic rings. The van der Waals surface area contributed by atoms with E-state index < -0.39 is 0 Å². The van der Waals surface area contributed by atoms with Crippen molar-refractivity contribution in [2.45, 2.75) is 25.3 Å². The van der Waals surface area contributed by atoms with Crippen molar-refractivity contribution < 1.29 is 9.18 Å². The summed E-state index contributed by atoms with van der Waals surface area (Å²) in [6, 6.07) is 14.1. The van der Waals surface area contributed by atoms with Gasteiger partial charge in [-0.2, -0.15) is 0 Å². The summed E-state index contributed by atoms with van der Waals surface area (Å²) >= 11 is 0. The Bertz CT molecular complexity index is 787. The molecule has 0 fully saturated rings. The number of rotatable bonds is 4. The lowest BCUT2D eigenvalue weighted by Crippen LogP contribution is -2.28. The number of nitrogens with zero attached hydrogens (tertiary/aromatic N) is 1. The molecule has 0 heterocycles. The second-order valence-corrected chi connectivity index (χ2v) is 6.66. The summed E-state index contributed by atoms with van der Waals surface area (Å²) in [7, 11) is 4.24. The number of hydrogen-bond donors (Lipinski definition) is 1. The number of carbonyl (C=O) groups excluding carboxylic acids is 1. The summed E-state index contributed by atoms with van der Waals surface area (Å²) in [5.41, 5.74) is 3.67. The molecule has 3 nitrogen and oxygen atoms in total. The molecule has 0 spiro atoms. The highest BCUT2D eigenvalue weighted by molar-refractivity contribution is 6.04. The van der Waals surface area contributed by atoms with Crippen LogP contribution in [0.25, 0.3) is 5.57 Å². The Kier molecular flexibility index (Phi) is 6.95. The van der Waals surface area contributed by atoms with Gasteiger partial charge in [0.1, 0.15) is 5.82 Å². The minimum atomic E-state index is -0.348. The maximum Gasteiger partial charge on any atom is 0.255 e. The monoisotopic (exact) mass is 374 g/mol. The van der Waals surface area contributed by atoms with Crippen LogP contribution in [0.2, 0.25) is 0 Å². The van der Waals surface area contributed by atoms with Gasteiger partial charge in [0.2, 0.25) is 0 Å². The fourth-order valence-electron chi connectivity index (χ4n) is 3.15. The molecule has 3 rings (SSSR count). The van der Waals surface area contributed by atoms with Gasteiger partial charge in [0.15, 0.2) is 0 Å². The van der Waals surface area contributed by atoms with Crippen molar-refractivity contribution in [3.8, 4) is 0 Å². The van der Waals surface area contributed by atoms with Gasteiger partial charge in [-0.05, 0) is 80.9 Å². The maximum absolute atomic E-state index is 13.0. The predicted octanol–water partition coefficient (Wildman–Crippen LogP) is 5.00. The van der Waals surface area contributed by atoms with E-state index in [9.17, 15) is 9.18 Å². The Morgan fingerprint density at radius 1 is 1.15 bits per heavy atom. The second-order valence-electron chi connectivity index (χ2n) is 6.66. The quantitative estimate of drug-likeness (QED) is 0.816. The van der Waals surface area contributed by atoms with Crippen LogP contribution in [0.1, 0.15) is 35.2 Å². The van der Waals surface area contributed by atoms with E-state index in [0.29, 0.717) is 11.6 Å². The Hall–Kier alpha value is -2.17. The van der Waals surface area contributed by atoms with Gasteiger partial charge < -0.3 is 10.2 Å². The van der Waals surface area contributed by atoms with Crippen molar-refractivity contribution in [1.82, 2.24) is 4.90 Å². The molecule has 0 saturated heterocycles. The smallest absolute Gasteiger partial charge is 0.255 e. The highest BCUT2D eigenvalue weighted by Gasteiger charge is 2.17. The van der Waals surface area contributed by atoms with Crippen LogP contribution < -0.4 is 5.32 Å². The molecule has 0 aliphatic heterocycles. The molecule has 1 aliphatic carbocycles. The molecule has 1 N–H and O–H groups in total. The van der Waals surface area contributed by atoms with Crippen LogP contribution in [0.15, 0.2) is 54.6 Å². The first-order valence-electron chi connectivity index (χ1n) is 8.56. The summed E-state index contributed by atoms with van der Waals surface area (Å²) in [4.78, 5) is 14.5. The molecular weight excluding hydrogens is 351 g/mol. The summed E-state index contributed by atoms with van der Waals surface area (Å²) in [5, 5.41) is 2.89. The molecule has 2 aromatic carbocycles. The second kappa shape index (κ2) is 8.97. The lowest BCUT2D eigenvalue weighted by atomic mass is 9.90. The molecule has 0 radical (unpaired) electrons. The number of hydrogen-bond acceptors (Lipinski definition) is 2. The number of benzene rings is 2. The molecule has 1 atom stereocenters. The van der Waals surface area contributed by atoms with Gasteiger partial charge in [0.25, 0.3) is 5.91 Å². The fourth-order valence-corrected chi connectivity index (χ4v) is 3.15. The van der Waals surface area contributed by atoms with Crippen LogP contribution in [0, 0.1) is 5.82 Å². The van der Waals surface area contributed by atoms with Crippen molar-refractivity contribution in [1.29, 1.82) is 0 Å². The Balaban J connectivity index is 0.00000243. The SMILES string of the molecule is CN(C)C1CC=C(c2cccc(NC(=O)c3ccc(F)cc3)c2)CC1.Cl. The van der Waals surface area contributed by atoms with Gasteiger partial charge in [-0.15, -0.1) is 12.4 Å². The zero-order valence-corrected chi connectivity index (χ0v) is 15.9. The normalized spacial score (nSPS) is 16.6. The predicted molar refractivity (Wildman–Crippen MR) is 107 cm³/mol. The number of amides is 1. The number of nitrogens with one attached hydrogen (secondary N) is 1. The number of anilines is 1. The summed E-state index contributed by atoms with van der Waals surface area (Å²) in [5.74, 6) is -0.582. The van der Waals surface area contributed by atoms with Crippen molar-refractivity contribution in [3.05, 3.63) is 71.6 Å². The third-order valence-corrected chi connectivity index (χ3v) is 4.71. The van der Waals surface area contributed by atoms with Crippen molar-refractivity contribution in [3.63, 3.8) is 0 Å². The molecule has 1 unspecified atom stereocenters. The Labute approximate surface area is 160 Å².